The molecule has 0 saturated carbocycles. The summed E-state index contributed by atoms with van der Waals surface area (Å²) in [6.45, 7) is 0. The zero-order chi connectivity index (χ0) is 14.8. The predicted molar refractivity (Wildman–Crippen MR) is 76.7 cm³/mol. The smallest absolute Gasteiger partial charge is 0.262 e. The maximum Gasteiger partial charge on any atom is 0.264 e. The molecule has 0 bridgehead atoms. The minimum Gasteiger partial charge on any atom is -0.262 e. The molecule has 1 heterocycles. The molecule has 0 aliphatic carbocycles. The average molecular weight is 374 g/mol. The molecule has 1 aromatic carbocycles. The molecular weight excluding hydrogens is 368 g/mol. The van der Waals surface area contributed by atoms with Gasteiger partial charge in [-0.05, 0) is 34.1 Å². The molecule has 2 rings (SSSR count). The van der Waals surface area contributed by atoms with E-state index in [1.807, 2.05) is 6.07 Å². The Morgan fingerprint density at radius 2 is 2.05 bits per heavy atom. The van der Waals surface area contributed by atoms with Crippen LogP contribution in [-0.4, -0.2) is 18.4 Å². The lowest BCUT2D eigenvalue weighted by Gasteiger charge is -2.08. The Kier molecular flexibility index (Phi) is 4.23. The van der Waals surface area contributed by atoms with Crippen LogP contribution in [0.15, 0.2) is 40.1 Å². The standard InChI is InChI=1S/C11H6BrClN4O2S/c12-10-5-16-11(6-15-10)17-20(18,19)9-3-7(4-14)1-2-8(9)13/h1-3,5-6H,(H,16,17). The first-order valence-electron chi connectivity index (χ1n) is 5.12. The van der Waals surface area contributed by atoms with Crippen molar-refractivity contribution in [3.8, 4) is 6.07 Å². The van der Waals surface area contributed by atoms with E-state index in [-0.39, 0.29) is 21.3 Å². The average Bonchev–Trinajstić information content (AvgIpc) is 2.41. The summed E-state index contributed by atoms with van der Waals surface area (Å²) >= 11 is 8.95. The zero-order valence-electron chi connectivity index (χ0n) is 9.71. The first kappa shape index (κ1) is 14.7. The van der Waals surface area contributed by atoms with Crippen molar-refractivity contribution in [2.45, 2.75) is 4.90 Å². The second-order valence-corrected chi connectivity index (χ2v) is 6.46. The predicted octanol–water partition coefficient (Wildman–Crippen LogP) is 2.56. The Bertz CT molecular complexity index is 787. The number of halogens is 2. The number of nitrogens with one attached hydrogen (secondary N) is 1. The van der Waals surface area contributed by atoms with Gasteiger partial charge < -0.3 is 0 Å². The van der Waals surface area contributed by atoms with Crippen molar-refractivity contribution in [2.75, 3.05) is 4.72 Å². The molecule has 0 saturated heterocycles. The Hall–Kier alpha value is -1.69. The fourth-order valence-electron chi connectivity index (χ4n) is 1.34. The van der Waals surface area contributed by atoms with Crippen molar-refractivity contribution in [1.82, 2.24) is 9.97 Å². The summed E-state index contributed by atoms with van der Waals surface area (Å²) in [6.07, 6.45) is 2.61. The van der Waals surface area contributed by atoms with Crippen LogP contribution < -0.4 is 4.72 Å². The van der Waals surface area contributed by atoms with Crippen molar-refractivity contribution >= 4 is 43.4 Å². The molecule has 0 fully saturated rings. The number of nitrogens with zero attached hydrogens (tertiary/aromatic N) is 3. The van der Waals surface area contributed by atoms with E-state index in [0.717, 1.165) is 0 Å². The van der Waals surface area contributed by atoms with Crippen molar-refractivity contribution in [3.63, 3.8) is 0 Å². The Balaban J connectivity index is 2.40. The molecule has 2 aromatic rings. The third-order valence-electron chi connectivity index (χ3n) is 2.21. The van der Waals surface area contributed by atoms with E-state index in [2.05, 4.69) is 30.6 Å². The second kappa shape index (κ2) is 5.75. The fraction of sp³-hybridized carbons (Fsp3) is 0. The molecule has 0 atom stereocenters. The summed E-state index contributed by atoms with van der Waals surface area (Å²) in [5.74, 6) is 0.0478. The lowest BCUT2D eigenvalue weighted by atomic mass is 10.2. The number of hydrogen-bond donors (Lipinski definition) is 1. The number of anilines is 1. The van der Waals surface area contributed by atoms with E-state index in [4.69, 9.17) is 16.9 Å². The van der Waals surface area contributed by atoms with Gasteiger partial charge in [0.25, 0.3) is 10.0 Å². The number of aromatic nitrogens is 2. The van der Waals surface area contributed by atoms with Crippen LogP contribution in [0.2, 0.25) is 5.02 Å². The van der Waals surface area contributed by atoms with Gasteiger partial charge in [-0.25, -0.2) is 18.4 Å². The molecule has 0 aliphatic heterocycles. The second-order valence-electron chi connectivity index (χ2n) is 3.59. The molecule has 102 valence electrons. The summed E-state index contributed by atoms with van der Waals surface area (Å²) in [7, 11) is -3.94. The highest BCUT2D eigenvalue weighted by Crippen LogP contribution is 2.24. The molecule has 0 radical (unpaired) electrons. The molecule has 0 aliphatic rings. The van der Waals surface area contributed by atoms with Gasteiger partial charge in [0.2, 0.25) is 0 Å². The Labute approximate surface area is 128 Å². The molecule has 1 N–H and O–H groups in total. The maximum absolute atomic E-state index is 12.2. The van der Waals surface area contributed by atoms with Gasteiger partial charge in [-0.2, -0.15) is 5.26 Å². The highest BCUT2D eigenvalue weighted by Gasteiger charge is 2.19. The fourth-order valence-corrected chi connectivity index (χ4v) is 3.06. The van der Waals surface area contributed by atoms with E-state index in [1.165, 1.54) is 30.6 Å². The summed E-state index contributed by atoms with van der Waals surface area (Å²) < 4.78 is 27.1. The van der Waals surface area contributed by atoms with E-state index < -0.39 is 10.0 Å². The number of benzene rings is 1. The summed E-state index contributed by atoms with van der Waals surface area (Å²) in [4.78, 5) is 7.52. The van der Waals surface area contributed by atoms with Gasteiger partial charge in [-0.3, -0.25) is 4.72 Å². The van der Waals surface area contributed by atoms with Crippen molar-refractivity contribution in [3.05, 3.63) is 45.8 Å². The van der Waals surface area contributed by atoms with Crippen LogP contribution in [0.4, 0.5) is 5.82 Å². The van der Waals surface area contributed by atoms with Crippen LogP contribution in [0, 0.1) is 11.3 Å². The number of sulfonamides is 1. The van der Waals surface area contributed by atoms with Gasteiger partial charge in [-0.1, -0.05) is 11.6 Å². The van der Waals surface area contributed by atoms with E-state index in [0.29, 0.717) is 4.60 Å². The van der Waals surface area contributed by atoms with E-state index in [1.54, 1.807) is 0 Å². The van der Waals surface area contributed by atoms with Gasteiger partial charge in [0.15, 0.2) is 5.82 Å². The molecular formula is C11H6BrClN4O2S. The van der Waals surface area contributed by atoms with E-state index >= 15 is 0 Å². The van der Waals surface area contributed by atoms with Crippen molar-refractivity contribution < 1.29 is 8.42 Å². The third kappa shape index (κ3) is 3.25. The van der Waals surface area contributed by atoms with Gasteiger partial charge in [0.1, 0.15) is 9.50 Å². The Morgan fingerprint density at radius 1 is 1.30 bits per heavy atom. The van der Waals surface area contributed by atoms with Crippen LogP contribution >= 0.6 is 27.5 Å². The first-order valence-corrected chi connectivity index (χ1v) is 7.78. The monoisotopic (exact) mass is 372 g/mol. The van der Waals surface area contributed by atoms with Gasteiger partial charge in [0, 0.05) is 0 Å². The quantitative estimate of drug-likeness (QED) is 0.892. The molecule has 20 heavy (non-hydrogen) atoms. The van der Waals surface area contributed by atoms with Crippen LogP contribution in [0.1, 0.15) is 5.56 Å². The molecule has 0 spiro atoms. The first-order chi connectivity index (χ1) is 9.42. The normalized spacial score (nSPS) is 10.8. The van der Waals surface area contributed by atoms with Gasteiger partial charge in [0.05, 0.1) is 29.0 Å². The molecule has 0 unspecified atom stereocenters. The summed E-state index contributed by atoms with van der Waals surface area (Å²) in [5.41, 5.74) is 0.191. The topological polar surface area (TPSA) is 95.7 Å². The highest BCUT2D eigenvalue weighted by molar-refractivity contribution is 9.10. The maximum atomic E-state index is 12.2. The summed E-state index contributed by atoms with van der Waals surface area (Å²) in [6, 6.07) is 5.82. The van der Waals surface area contributed by atoms with Crippen molar-refractivity contribution in [2.24, 2.45) is 0 Å². The SMILES string of the molecule is N#Cc1ccc(Cl)c(S(=O)(=O)Nc2cnc(Br)cn2)c1. The van der Waals surface area contributed by atoms with Crippen LogP contribution in [-0.2, 0) is 10.0 Å². The molecule has 1 aromatic heterocycles. The minimum atomic E-state index is -3.94. The largest absolute Gasteiger partial charge is 0.264 e. The number of hydrogen-bond acceptors (Lipinski definition) is 5. The Morgan fingerprint density at radius 3 is 2.65 bits per heavy atom. The van der Waals surface area contributed by atoms with Gasteiger partial charge in [-0.15, -0.1) is 0 Å². The van der Waals surface area contributed by atoms with E-state index in [9.17, 15) is 8.42 Å². The summed E-state index contributed by atoms with van der Waals surface area (Å²) in [5, 5.41) is 8.82. The van der Waals surface area contributed by atoms with Crippen LogP contribution in [0.3, 0.4) is 0 Å². The minimum absolute atomic E-state index is 0.0153. The number of nitriles is 1. The molecule has 9 heteroatoms. The van der Waals surface area contributed by atoms with Crippen LogP contribution in [0.5, 0.6) is 0 Å². The molecule has 0 amide bonds. The van der Waals surface area contributed by atoms with Gasteiger partial charge >= 0.3 is 0 Å². The lowest BCUT2D eigenvalue weighted by Crippen LogP contribution is -2.14. The highest BCUT2D eigenvalue weighted by atomic mass is 79.9. The third-order valence-corrected chi connectivity index (χ3v) is 4.45. The van der Waals surface area contributed by atoms with Crippen molar-refractivity contribution in [1.29, 1.82) is 5.26 Å². The molecule has 6 nitrogen and oxygen atoms in total. The lowest BCUT2D eigenvalue weighted by molar-refractivity contribution is 0.601. The number of rotatable bonds is 3. The van der Waals surface area contributed by atoms with Crippen LogP contribution in [0.25, 0.3) is 0 Å². The zero-order valence-corrected chi connectivity index (χ0v) is 12.9.